The molecule has 0 saturated heterocycles. The van der Waals surface area contributed by atoms with Gasteiger partial charge in [-0.05, 0) is 19.1 Å². The van der Waals surface area contributed by atoms with Crippen molar-refractivity contribution in [2.24, 2.45) is 0 Å². The van der Waals surface area contributed by atoms with Gasteiger partial charge in [0, 0.05) is 6.20 Å². The number of amides is 1. The number of hydrogen-bond donors (Lipinski definition) is 1. The number of aryl methyl sites for hydroxylation is 1. The Morgan fingerprint density at radius 1 is 1.53 bits per heavy atom. The quantitative estimate of drug-likeness (QED) is 0.935. The van der Waals surface area contributed by atoms with Gasteiger partial charge in [0.2, 0.25) is 0 Å². The number of anilines is 1. The van der Waals surface area contributed by atoms with Gasteiger partial charge in [0.05, 0.1) is 9.88 Å². The molecule has 3 rings (SSSR count). The van der Waals surface area contributed by atoms with Crippen molar-refractivity contribution in [3.8, 4) is 11.5 Å². The van der Waals surface area contributed by atoms with Gasteiger partial charge in [0.1, 0.15) is 23.8 Å². The molecule has 1 amide bonds. The Hall–Kier alpha value is -2.08. The Kier molecular flexibility index (Phi) is 3.08. The van der Waals surface area contributed by atoms with Crippen molar-refractivity contribution in [2.45, 2.75) is 13.5 Å². The Labute approximate surface area is 114 Å². The summed E-state index contributed by atoms with van der Waals surface area (Å²) in [6, 6.07) is 5.45. The zero-order valence-electron chi connectivity index (χ0n) is 10.3. The maximum atomic E-state index is 11.4. The molecule has 2 heterocycles. The molecule has 0 fully saturated rings. The SMILES string of the molecule is Cc1ncc(COc2cccc3c2NC(=O)CO3)s1. The minimum absolute atomic E-state index is 0.0461. The van der Waals surface area contributed by atoms with E-state index in [4.69, 9.17) is 9.47 Å². The van der Waals surface area contributed by atoms with E-state index >= 15 is 0 Å². The minimum Gasteiger partial charge on any atom is -0.486 e. The van der Waals surface area contributed by atoms with Crippen LogP contribution in [0.5, 0.6) is 11.5 Å². The number of nitrogens with zero attached hydrogens (tertiary/aromatic N) is 1. The lowest BCUT2D eigenvalue weighted by atomic mass is 10.2. The average molecular weight is 276 g/mol. The summed E-state index contributed by atoms with van der Waals surface area (Å²) in [6.07, 6.45) is 1.80. The van der Waals surface area contributed by atoms with Gasteiger partial charge in [0.15, 0.2) is 6.61 Å². The topological polar surface area (TPSA) is 60.5 Å². The third-order valence-electron chi connectivity index (χ3n) is 2.65. The van der Waals surface area contributed by atoms with Crippen LogP contribution in [-0.2, 0) is 11.4 Å². The second kappa shape index (κ2) is 4.89. The van der Waals surface area contributed by atoms with Crippen LogP contribution in [0.4, 0.5) is 5.69 Å². The van der Waals surface area contributed by atoms with Crippen LogP contribution in [0.15, 0.2) is 24.4 Å². The van der Waals surface area contributed by atoms with E-state index in [0.29, 0.717) is 23.8 Å². The first-order chi connectivity index (χ1) is 9.22. The maximum Gasteiger partial charge on any atom is 0.262 e. The highest BCUT2D eigenvalue weighted by Gasteiger charge is 2.19. The van der Waals surface area contributed by atoms with E-state index in [9.17, 15) is 4.79 Å². The molecule has 0 spiro atoms. The number of carbonyl (C=O) groups is 1. The van der Waals surface area contributed by atoms with Crippen LogP contribution in [-0.4, -0.2) is 17.5 Å². The predicted octanol–water partition coefficient (Wildman–Crippen LogP) is 2.36. The molecule has 1 aromatic heterocycles. The smallest absolute Gasteiger partial charge is 0.262 e. The van der Waals surface area contributed by atoms with Crippen LogP contribution in [0, 0.1) is 6.92 Å². The van der Waals surface area contributed by atoms with E-state index in [1.54, 1.807) is 23.6 Å². The number of nitrogens with one attached hydrogen (secondary N) is 1. The Balaban J connectivity index is 1.79. The van der Waals surface area contributed by atoms with Gasteiger partial charge < -0.3 is 14.8 Å². The van der Waals surface area contributed by atoms with Gasteiger partial charge in [-0.15, -0.1) is 11.3 Å². The molecule has 0 bridgehead atoms. The summed E-state index contributed by atoms with van der Waals surface area (Å²) >= 11 is 1.59. The van der Waals surface area contributed by atoms with Crippen molar-refractivity contribution >= 4 is 22.9 Å². The van der Waals surface area contributed by atoms with Crippen LogP contribution in [0.3, 0.4) is 0 Å². The minimum atomic E-state index is -0.169. The van der Waals surface area contributed by atoms with Crippen molar-refractivity contribution in [1.29, 1.82) is 0 Å². The summed E-state index contributed by atoms with van der Waals surface area (Å²) < 4.78 is 11.1. The number of fused-ring (bicyclic) bond motifs is 1. The standard InChI is InChI=1S/C13H12N2O3S/c1-8-14-5-9(19-8)6-17-10-3-2-4-11-13(10)15-12(16)7-18-11/h2-5H,6-7H2,1H3,(H,15,16). The summed E-state index contributed by atoms with van der Waals surface area (Å²) in [7, 11) is 0. The van der Waals surface area contributed by atoms with E-state index in [-0.39, 0.29) is 12.5 Å². The van der Waals surface area contributed by atoms with Crippen molar-refractivity contribution in [3.63, 3.8) is 0 Å². The van der Waals surface area contributed by atoms with E-state index in [1.807, 2.05) is 19.1 Å². The summed E-state index contributed by atoms with van der Waals surface area (Å²) in [5.41, 5.74) is 0.597. The molecule has 1 N–H and O–H groups in total. The van der Waals surface area contributed by atoms with Crippen molar-refractivity contribution in [3.05, 3.63) is 34.3 Å². The monoisotopic (exact) mass is 276 g/mol. The van der Waals surface area contributed by atoms with Crippen LogP contribution in [0.25, 0.3) is 0 Å². The van der Waals surface area contributed by atoms with E-state index in [0.717, 1.165) is 9.88 Å². The summed E-state index contributed by atoms with van der Waals surface area (Å²) in [5, 5.41) is 3.77. The van der Waals surface area contributed by atoms with Crippen molar-refractivity contribution < 1.29 is 14.3 Å². The molecule has 1 aliphatic heterocycles. The third-order valence-corrected chi connectivity index (χ3v) is 3.54. The van der Waals surface area contributed by atoms with Crippen molar-refractivity contribution in [2.75, 3.05) is 11.9 Å². The van der Waals surface area contributed by atoms with Crippen LogP contribution in [0.1, 0.15) is 9.88 Å². The highest BCUT2D eigenvalue weighted by atomic mass is 32.1. The van der Waals surface area contributed by atoms with Crippen LogP contribution < -0.4 is 14.8 Å². The van der Waals surface area contributed by atoms with Gasteiger partial charge in [-0.3, -0.25) is 4.79 Å². The molecule has 0 aliphatic carbocycles. The lowest BCUT2D eigenvalue weighted by Gasteiger charge is -2.20. The molecule has 1 aromatic carbocycles. The van der Waals surface area contributed by atoms with Gasteiger partial charge in [-0.2, -0.15) is 0 Å². The molecule has 0 unspecified atom stereocenters. The normalized spacial score (nSPS) is 13.4. The first kappa shape index (κ1) is 12.0. The molecule has 98 valence electrons. The summed E-state index contributed by atoms with van der Waals surface area (Å²) in [5.74, 6) is 1.08. The van der Waals surface area contributed by atoms with Gasteiger partial charge in [-0.25, -0.2) is 4.98 Å². The zero-order valence-corrected chi connectivity index (χ0v) is 11.1. The van der Waals surface area contributed by atoms with Crippen molar-refractivity contribution in [1.82, 2.24) is 4.98 Å². The zero-order chi connectivity index (χ0) is 13.2. The number of ether oxygens (including phenoxy) is 2. The van der Waals surface area contributed by atoms with Crippen LogP contribution in [0.2, 0.25) is 0 Å². The summed E-state index contributed by atoms with van der Waals surface area (Å²) in [4.78, 5) is 16.6. The molecule has 0 saturated carbocycles. The number of thiazole rings is 1. The van der Waals surface area contributed by atoms with E-state index < -0.39 is 0 Å². The maximum absolute atomic E-state index is 11.4. The number of benzene rings is 1. The first-order valence-electron chi connectivity index (χ1n) is 5.82. The fourth-order valence-corrected chi connectivity index (χ4v) is 2.52. The second-order valence-electron chi connectivity index (χ2n) is 4.10. The molecule has 2 aromatic rings. The lowest BCUT2D eigenvalue weighted by molar-refractivity contribution is -0.118. The number of aromatic nitrogens is 1. The van der Waals surface area contributed by atoms with Gasteiger partial charge in [-0.1, -0.05) is 6.07 Å². The number of carbonyl (C=O) groups excluding carboxylic acids is 1. The molecule has 1 aliphatic rings. The highest BCUT2D eigenvalue weighted by molar-refractivity contribution is 7.11. The third kappa shape index (κ3) is 2.53. The molecule has 19 heavy (non-hydrogen) atoms. The molecule has 0 atom stereocenters. The molecular weight excluding hydrogens is 264 g/mol. The first-order valence-corrected chi connectivity index (χ1v) is 6.64. The van der Waals surface area contributed by atoms with Gasteiger partial charge in [0.25, 0.3) is 5.91 Å². The van der Waals surface area contributed by atoms with Crippen LogP contribution >= 0.6 is 11.3 Å². The molecule has 6 heteroatoms. The molecule has 0 radical (unpaired) electrons. The number of rotatable bonds is 3. The number of hydrogen-bond acceptors (Lipinski definition) is 5. The largest absolute Gasteiger partial charge is 0.486 e. The predicted molar refractivity (Wildman–Crippen MR) is 71.7 cm³/mol. The summed E-state index contributed by atoms with van der Waals surface area (Å²) in [6.45, 7) is 2.43. The highest BCUT2D eigenvalue weighted by Crippen LogP contribution is 2.36. The van der Waals surface area contributed by atoms with E-state index in [2.05, 4.69) is 10.3 Å². The Morgan fingerprint density at radius 3 is 3.21 bits per heavy atom. The molecule has 5 nitrogen and oxygen atoms in total. The lowest BCUT2D eigenvalue weighted by Crippen LogP contribution is -2.25. The van der Waals surface area contributed by atoms with E-state index in [1.165, 1.54) is 0 Å². The number of para-hydroxylation sites is 1. The fourth-order valence-electron chi connectivity index (χ4n) is 1.81. The Morgan fingerprint density at radius 2 is 2.42 bits per heavy atom. The average Bonchev–Trinajstić information content (AvgIpc) is 2.82. The second-order valence-corrected chi connectivity index (χ2v) is 5.42. The Bertz CT molecular complexity index is 624. The molecular formula is C13H12N2O3S. The fraction of sp³-hybridized carbons (Fsp3) is 0.231. The van der Waals surface area contributed by atoms with Gasteiger partial charge >= 0.3 is 0 Å².